The van der Waals surface area contributed by atoms with Gasteiger partial charge in [-0.3, -0.25) is 0 Å². The molecule has 0 aliphatic heterocycles. The van der Waals surface area contributed by atoms with Gasteiger partial charge in [0.1, 0.15) is 11.7 Å². The predicted octanol–water partition coefficient (Wildman–Crippen LogP) is 3.24. The molecule has 1 aromatic rings. The monoisotopic (exact) mass is 319 g/mol. The van der Waals surface area contributed by atoms with Crippen molar-refractivity contribution in [3.05, 3.63) is 48.6 Å². The molecule has 0 aromatic heterocycles. The molecule has 2 unspecified atom stereocenters. The SMILES string of the molecule is C=CCC(NC(=O)OC(C)(C)C)C(C=O)OCc1ccccc1. The normalized spacial score (nSPS) is 13.7. The van der Waals surface area contributed by atoms with Crippen molar-refractivity contribution in [2.24, 2.45) is 0 Å². The summed E-state index contributed by atoms with van der Waals surface area (Å²) in [7, 11) is 0. The van der Waals surface area contributed by atoms with Gasteiger partial charge in [-0.25, -0.2) is 4.79 Å². The second-order valence-corrected chi connectivity index (χ2v) is 6.17. The van der Waals surface area contributed by atoms with Gasteiger partial charge in [-0.2, -0.15) is 0 Å². The molecule has 1 amide bonds. The summed E-state index contributed by atoms with van der Waals surface area (Å²) >= 11 is 0. The fraction of sp³-hybridized carbons (Fsp3) is 0.444. The van der Waals surface area contributed by atoms with Gasteiger partial charge in [0, 0.05) is 0 Å². The van der Waals surface area contributed by atoms with Crippen molar-refractivity contribution < 1.29 is 19.1 Å². The van der Waals surface area contributed by atoms with Crippen LogP contribution in [0.25, 0.3) is 0 Å². The highest BCUT2D eigenvalue weighted by Gasteiger charge is 2.25. The zero-order chi connectivity index (χ0) is 17.3. The largest absolute Gasteiger partial charge is 0.444 e. The molecule has 1 N–H and O–H groups in total. The summed E-state index contributed by atoms with van der Waals surface area (Å²) in [5.74, 6) is 0. The van der Waals surface area contributed by atoms with Gasteiger partial charge in [-0.15, -0.1) is 6.58 Å². The Morgan fingerprint density at radius 2 is 1.96 bits per heavy atom. The first kappa shape index (κ1) is 18.9. The fourth-order valence-corrected chi connectivity index (χ4v) is 1.93. The third-order valence-corrected chi connectivity index (χ3v) is 2.94. The Balaban J connectivity index is 2.66. The second kappa shape index (κ2) is 9.10. The molecule has 0 saturated carbocycles. The molecule has 0 bridgehead atoms. The topological polar surface area (TPSA) is 64.6 Å². The highest BCUT2D eigenvalue weighted by molar-refractivity contribution is 5.69. The molecule has 126 valence electrons. The van der Waals surface area contributed by atoms with Gasteiger partial charge in [0.25, 0.3) is 0 Å². The Kier molecular flexibility index (Phi) is 7.48. The standard InChI is InChI=1S/C18H25NO4/c1-5-9-15(19-17(21)23-18(2,3)4)16(12-20)22-13-14-10-7-6-8-11-14/h5-8,10-12,15-16H,1,9,13H2,2-4H3,(H,19,21). The number of rotatable bonds is 8. The number of carbonyl (C=O) groups excluding carboxylic acids is 2. The highest BCUT2D eigenvalue weighted by Crippen LogP contribution is 2.11. The van der Waals surface area contributed by atoms with Gasteiger partial charge in [-0.1, -0.05) is 36.4 Å². The Morgan fingerprint density at radius 3 is 2.48 bits per heavy atom. The second-order valence-electron chi connectivity index (χ2n) is 6.17. The molecule has 0 heterocycles. The Hall–Kier alpha value is -2.14. The highest BCUT2D eigenvalue weighted by atomic mass is 16.6. The molecule has 0 aliphatic rings. The molecule has 2 atom stereocenters. The number of nitrogens with one attached hydrogen (secondary N) is 1. The van der Waals surface area contributed by atoms with Crippen molar-refractivity contribution in [3.8, 4) is 0 Å². The van der Waals surface area contributed by atoms with Crippen LogP contribution in [0.1, 0.15) is 32.8 Å². The molecule has 5 heteroatoms. The Labute approximate surface area is 137 Å². The number of aldehydes is 1. The molecule has 23 heavy (non-hydrogen) atoms. The van der Waals surface area contributed by atoms with Crippen molar-refractivity contribution in [2.75, 3.05) is 0 Å². The van der Waals surface area contributed by atoms with Gasteiger partial charge < -0.3 is 19.6 Å². The van der Waals surface area contributed by atoms with Crippen LogP contribution in [0.4, 0.5) is 4.79 Å². The number of carbonyl (C=O) groups is 2. The lowest BCUT2D eigenvalue weighted by Gasteiger charge is -2.26. The fourth-order valence-electron chi connectivity index (χ4n) is 1.93. The summed E-state index contributed by atoms with van der Waals surface area (Å²) < 4.78 is 10.9. The van der Waals surface area contributed by atoms with E-state index in [2.05, 4.69) is 11.9 Å². The number of hydrogen-bond donors (Lipinski definition) is 1. The average molecular weight is 319 g/mol. The first-order chi connectivity index (χ1) is 10.9. The zero-order valence-corrected chi connectivity index (χ0v) is 14.0. The number of amides is 1. The number of ether oxygens (including phenoxy) is 2. The van der Waals surface area contributed by atoms with Gasteiger partial charge in [0.15, 0.2) is 6.29 Å². The van der Waals surface area contributed by atoms with E-state index in [0.717, 1.165) is 5.56 Å². The number of hydrogen-bond acceptors (Lipinski definition) is 4. The van der Waals surface area contributed by atoms with Crippen molar-refractivity contribution in [1.29, 1.82) is 0 Å². The van der Waals surface area contributed by atoms with Crippen molar-refractivity contribution in [2.45, 2.75) is 51.5 Å². The van der Waals surface area contributed by atoms with Gasteiger partial charge >= 0.3 is 6.09 Å². The Bertz CT molecular complexity index is 508. The zero-order valence-electron chi connectivity index (χ0n) is 14.0. The van der Waals surface area contributed by atoms with E-state index in [1.54, 1.807) is 26.8 Å². The summed E-state index contributed by atoms with van der Waals surface area (Å²) in [4.78, 5) is 23.3. The molecule has 0 radical (unpaired) electrons. The lowest BCUT2D eigenvalue weighted by Crippen LogP contribution is -2.46. The van der Waals surface area contributed by atoms with Gasteiger partial charge in [-0.05, 0) is 32.8 Å². The minimum Gasteiger partial charge on any atom is -0.444 e. The predicted molar refractivity (Wildman–Crippen MR) is 89.1 cm³/mol. The molecule has 5 nitrogen and oxygen atoms in total. The van der Waals surface area contributed by atoms with Crippen LogP contribution in [-0.4, -0.2) is 30.1 Å². The summed E-state index contributed by atoms with van der Waals surface area (Å²) in [5.41, 5.74) is 0.346. The minimum absolute atomic E-state index is 0.286. The first-order valence-electron chi connectivity index (χ1n) is 7.57. The van der Waals surface area contributed by atoms with Crippen molar-refractivity contribution >= 4 is 12.4 Å². The van der Waals surface area contributed by atoms with Crippen LogP contribution in [0.5, 0.6) is 0 Å². The number of alkyl carbamates (subject to hydrolysis) is 1. The smallest absolute Gasteiger partial charge is 0.407 e. The third-order valence-electron chi connectivity index (χ3n) is 2.94. The lowest BCUT2D eigenvalue weighted by molar-refractivity contribution is -0.120. The van der Waals surface area contributed by atoms with E-state index in [0.29, 0.717) is 12.7 Å². The molecule has 0 aliphatic carbocycles. The molecular formula is C18H25NO4. The maximum atomic E-state index is 11.9. The molecule has 1 rings (SSSR count). The first-order valence-corrected chi connectivity index (χ1v) is 7.57. The van der Waals surface area contributed by atoms with Crippen LogP contribution in [0.15, 0.2) is 43.0 Å². The number of benzene rings is 1. The van der Waals surface area contributed by atoms with Crippen LogP contribution >= 0.6 is 0 Å². The van der Waals surface area contributed by atoms with Crippen LogP contribution in [0, 0.1) is 0 Å². The summed E-state index contributed by atoms with van der Waals surface area (Å²) in [6, 6.07) is 9.00. The third kappa shape index (κ3) is 7.61. The van der Waals surface area contributed by atoms with Gasteiger partial charge in [0.2, 0.25) is 0 Å². The van der Waals surface area contributed by atoms with E-state index in [1.165, 1.54) is 0 Å². The molecule has 0 spiro atoms. The summed E-state index contributed by atoms with van der Waals surface area (Å²) in [6.07, 6.45) is 1.36. The quantitative estimate of drug-likeness (QED) is 0.590. The van der Waals surface area contributed by atoms with Crippen LogP contribution in [-0.2, 0) is 20.9 Å². The summed E-state index contributed by atoms with van der Waals surface area (Å²) in [6.45, 7) is 9.27. The van der Waals surface area contributed by atoms with Crippen molar-refractivity contribution in [1.82, 2.24) is 5.32 Å². The van der Waals surface area contributed by atoms with E-state index in [-0.39, 0.29) is 6.61 Å². The van der Waals surface area contributed by atoms with E-state index >= 15 is 0 Å². The maximum Gasteiger partial charge on any atom is 0.407 e. The Morgan fingerprint density at radius 1 is 1.30 bits per heavy atom. The minimum atomic E-state index is -0.777. The molecule has 0 saturated heterocycles. The maximum absolute atomic E-state index is 11.9. The lowest BCUT2D eigenvalue weighted by atomic mass is 10.1. The van der Waals surface area contributed by atoms with Crippen molar-refractivity contribution in [3.63, 3.8) is 0 Å². The van der Waals surface area contributed by atoms with Crippen LogP contribution < -0.4 is 5.32 Å². The average Bonchev–Trinajstić information content (AvgIpc) is 2.47. The molecular weight excluding hydrogens is 294 g/mol. The van der Waals surface area contributed by atoms with E-state index in [9.17, 15) is 9.59 Å². The molecule has 1 aromatic carbocycles. The van der Waals surface area contributed by atoms with Crippen LogP contribution in [0.3, 0.4) is 0 Å². The van der Waals surface area contributed by atoms with Crippen LogP contribution in [0.2, 0.25) is 0 Å². The van der Waals surface area contributed by atoms with E-state index in [4.69, 9.17) is 9.47 Å². The molecule has 0 fully saturated rings. The van der Waals surface area contributed by atoms with E-state index < -0.39 is 23.8 Å². The van der Waals surface area contributed by atoms with Gasteiger partial charge in [0.05, 0.1) is 12.6 Å². The van der Waals surface area contributed by atoms with E-state index in [1.807, 2.05) is 30.3 Å². The summed E-state index contributed by atoms with van der Waals surface area (Å²) in [5, 5.41) is 2.67.